The number of ether oxygens (including phenoxy) is 1. The quantitative estimate of drug-likeness (QED) is 0.720. The number of hydrogen-bond acceptors (Lipinski definition) is 5. The molecular formula is C11H18N4O3. The van der Waals surface area contributed by atoms with Gasteiger partial charge in [-0.1, -0.05) is 0 Å². The topological polar surface area (TPSA) is 99.2 Å². The molecule has 7 nitrogen and oxygen atoms in total. The van der Waals surface area contributed by atoms with Gasteiger partial charge < -0.3 is 15.8 Å². The second kappa shape index (κ2) is 6.04. The van der Waals surface area contributed by atoms with E-state index >= 15 is 0 Å². The van der Waals surface area contributed by atoms with Crippen molar-refractivity contribution in [3.05, 3.63) is 11.4 Å². The van der Waals surface area contributed by atoms with Gasteiger partial charge in [-0.25, -0.2) is 4.79 Å². The van der Waals surface area contributed by atoms with Crippen molar-refractivity contribution in [2.24, 2.45) is 7.05 Å². The van der Waals surface area contributed by atoms with E-state index in [2.05, 4.69) is 10.4 Å². The molecule has 0 aliphatic carbocycles. The van der Waals surface area contributed by atoms with Crippen LogP contribution in [0, 0.1) is 6.92 Å². The number of nitrogens with zero attached hydrogens (tertiary/aromatic N) is 2. The molecule has 0 radical (unpaired) electrons. The third-order valence-electron chi connectivity index (χ3n) is 2.40. The summed E-state index contributed by atoms with van der Waals surface area (Å²) < 4.78 is 6.35. The second-order valence-corrected chi connectivity index (χ2v) is 3.81. The fraction of sp³-hybridized carbons (Fsp3) is 0.545. The van der Waals surface area contributed by atoms with E-state index in [0.717, 1.165) is 0 Å². The van der Waals surface area contributed by atoms with Gasteiger partial charge in [0.05, 0.1) is 17.8 Å². The van der Waals surface area contributed by atoms with E-state index in [-0.39, 0.29) is 24.6 Å². The molecule has 1 aromatic rings. The summed E-state index contributed by atoms with van der Waals surface area (Å²) in [4.78, 5) is 22.9. The van der Waals surface area contributed by atoms with Crippen LogP contribution in [0.25, 0.3) is 0 Å². The fourth-order valence-electron chi connectivity index (χ4n) is 1.51. The minimum Gasteiger partial charge on any atom is -0.460 e. The molecule has 1 amide bonds. The van der Waals surface area contributed by atoms with Gasteiger partial charge in [-0.2, -0.15) is 5.10 Å². The Morgan fingerprint density at radius 3 is 2.67 bits per heavy atom. The van der Waals surface area contributed by atoms with Crippen LogP contribution in [0.5, 0.6) is 0 Å². The SMILES string of the molecule is CCNC(=O)CCOC(=O)c1c(N)c(C)nn1C. The first-order valence-electron chi connectivity index (χ1n) is 5.70. The first-order valence-corrected chi connectivity index (χ1v) is 5.70. The molecule has 3 N–H and O–H groups in total. The number of esters is 1. The largest absolute Gasteiger partial charge is 0.460 e. The van der Waals surface area contributed by atoms with Crippen molar-refractivity contribution in [3.63, 3.8) is 0 Å². The zero-order chi connectivity index (χ0) is 13.7. The summed E-state index contributed by atoms with van der Waals surface area (Å²) in [6.07, 6.45) is 0.135. The maximum absolute atomic E-state index is 11.7. The van der Waals surface area contributed by atoms with Crippen molar-refractivity contribution < 1.29 is 14.3 Å². The molecule has 0 unspecified atom stereocenters. The van der Waals surface area contributed by atoms with Crippen LogP contribution in [-0.4, -0.2) is 34.8 Å². The van der Waals surface area contributed by atoms with Crippen molar-refractivity contribution in [1.82, 2.24) is 15.1 Å². The number of aromatic nitrogens is 2. The van der Waals surface area contributed by atoms with Gasteiger partial charge >= 0.3 is 5.97 Å². The lowest BCUT2D eigenvalue weighted by Gasteiger charge is -2.05. The summed E-state index contributed by atoms with van der Waals surface area (Å²) in [7, 11) is 1.61. The highest BCUT2D eigenvalue weighted by Crippen LogP contribution is 2.16. The Labute approximate surface area is 105 Å². The molecule has 0 aromatic carbocycles. The Morgan fingerprint density at radius 2 is 2.17 bits per heavy atom. The normalized spacial score (nSPS) is 10.2. The van der Waals surface area contributed by atoms with Crippen LogP contribution in [0.1, 0.15) is 29.5 Å². The van der Waals surface area contributed by atoms with E-state index in [4.69, 9.17) is 10.5 Å². The monoisotopic (exact) mass is 254 g/mol. The predicted octanol–water partition coefficient (Wildman–Crippen LogP) is -0.00628. The van der Waals surface area contributed by atoms with E-state index in [9.17, 15) is 9.59 Å². The Morgan fingerprint density at radius 1 is 1.50 bits per heavy atom. The third kappa shape index (κ3) is 3.22. The summed E-state index contributed by atoms with van der Waals surface area (Å²) in [6, 6.07) is 0. The average molecular weight is 254 g/mol. The van der Waals surface area contributed by atoms with Gasteiger partial charge in [0, 0.05) is 13.6 Å². The highest BCUT2D eigenvalue weighted by atomic mass is 16.5. The van der Waals surface area contributed by atoms with Gasteiger partial charge in [-0.3, -0.25) is 9.48 Å². The number of aryl methyl sites for hydroxylation is 2. The Kier molecular flexibility index (Phi) is 4.70. The minimum absolute atomic E-state index is 0.0222. The number of hydrogen-bond donors (Lipinski definition) is 2. The summed E-state index contributed by atoms with van der Waals surface area (Å²) in [5.74, 6) is -0.723. The van der Waals surface area contributed by atoms with Crippen LogP contribution in [0.4, 0.5) is 5.69 Å². The van der Waals surface area contributed by atoms with Gasteiger partial charge in [-0.05, 0) is 13.8 Å². The number of anilines is 1. The lowest BCUT2D eigenvalue weighted by atomic mass is 10.3. The molecule has 1 heterocycles. The molecule has 0 spiro atoms. The van der Waals surface area contributed by atoms with E-state index in [0.29, 0.717) is 17.9 Å². The molecule has 18 heavy (non-hydrogen) atoms. The number of rotatable bonds is 5. The molecule has 0 aliphatic rings. The number of nitrogen functional groups attached to an aromatic ring is 1. The van der Waals surface area contributed by atoms with Crippen LogP contribution in [0.2, 0.25) is 0 Å². The standard InChI is InChI=1S/C11H18N4O3/c1-4-13-8(16)5-6-18-11(17)10-9(12)7(2)14-15(10)3/h4-6,12H2,1-3H3,(H,13,16). The minimum atomic E-state index is -0.570. The molecule has 0 saturated heterocycles. The number of carbonyl (C=O) groups excluding carboxylic acids is 2. The first-order chi connectivity index (χ1) is 8.47. The number of amides is 1. The van der Waals surface area contributed by atoms with Crippen LogP contribution in [-0.2, 0) is 16.6 Å². The maximum atomic E-state index is 11.7. The Hall–Kier alpha value is -2.05. The molecule has 0 aliphatic heterocycles. The first kappa shape index (κ1) is 14.0. The third-order valence-corrected chi connectivity index (χ3v) is 2.40. The average Bonchev–Trinajstić information content (AvgIpc) is 2.53. The Balaban J connectivity index is 2.53. The molecular weight excluding hydrogens is 236 g/mol. The zero-order valence-corrected chi connectivity index (χ0v) is 10.8. The smallest absolute Gasteiger partial charge is 0.358 e. The van der Waals surface area contributed by atoms with E-state index in [1.54, 1.807) is 14.0 Å². The lowest BCUT2D eigenvalue weighted by molar-refractivity contribution is -0.121. The summed E-state index contributed by atoms with van der Waals surface area (Å²) >= 11 is 0. The molecule has 0 saturated carbocycles. The van der Waals surface area contributed by atoms with Gasteiger partial charge in [-0.15, -0.1) is 0 Å². The molecule has 0 atom stereocenters. The van der Waals surface area contributed by atoms with Crippen molar-refractivity contribution in [3.8, 4) is 0 Å². The molecule has 0 bridgehead atoms. The second-order valence-electron chi connectivity index (χ2n) is 3.81. The van der Waals surface area contributed by atoms with Crippen molar-refractivity contribution in [1.29, 1.82) is 0 Å². The summed E-state index contributed by atoms with van der Waals surface area (Å²) in [5, 5.41) is 6.63. The van der Waals surface area contributed by atoms with Gasteiger partial charge in [0.15, 0.2) is 5.69 Å². The van der Waals surface area contributed by atoms with Crippen LogP contribution >= 0.6 is 0 Å². The fourth-order valence-corrected chi connectivity index (χ4v) is 1.51. The zero-order valence-electron chi connectivity index (χ0n) is 10.8. The molecule has 1 rings (SSSR count). The predicted molar refractivity (Wildman–Crippen MR) is 65.9 cm³/mol. The highest BCUT2D eigenvalue weighted by Gasteiger charge is 2.19. The van der Waals surface area contributed by atoms with Gasteiger partial charge in [0.1, 0.15) is 6.61 Å². The van der Waals surface area contributed by atoms with E-state index in [1.807, 2.05) is 6.92 Å². The van der Waals surface area contributed by atoms with Crippen LogP contribution in [0.3, 0.4) is 0 Å². The van der Waals surface area contributed by atoms with Crippen LogP contribution in [0.15, 0.2) is 0 Å². The Bertz CT molecular complexity index is 453. The molecule has 0 fully saturated rings. The molecule has 1 aromatic heterocycles. The summed E-state index contributed by atoms with van der Waals surface area (Å²) in [6.45, 7) is 4.11. The highest BCUT2D eigenvalue weighted by molar-refractivity contribution is 5.93. The van der Waals surface area contributed by atoms with Gasteiger partial charge in [0.25, 0.3) is 0 Å². The van der Waals surface area contributed by atoms with E-state index in [1.165, 1.54) is 4.68 Å². The number of carbonyl (C=O) groups is 2. The maximum Gasteiger partial charge on any atom is 0.358 e. The number of nitrogens with one attached hydrogen (secondary N) is 1. The number of nitrogens with two attached hydrogens (primary N) is 1. The van der Waals surface area contributed by atoms with Crippen molar-refractivity contribution in [2.75, 3.05) is 18.9 Å². The van der Waals surface area contributed by atoms with Crippen molar-refractivity contribution >= 4 is 17.6 Å². The van der Waals surface area contributed by atoms with Crippen molar-refractivity contribution in [2.45, 2.75) is 20.3 Å². The van der Waals surface area contributed by atoms with Crippen LogP contribution < -0.4 is 11.1 Å². The van der Waals surface area contributed by atoms with Gasteiger partial charge in [0.2, 0.25) is 5.91 Å². The lowest BCUT2D eigenvalue weighted by Crippen LogP contribution is -2.24. The molecule has 7 heteroatoms. The van der Waals surface area contributed by atoms with E-state index < -0.39 is 5.97 Å². The summed E-state index contributed by atoms with van der Waals surface area (Å²) in [5.41, 5.74) is 6.81. The molecule has 100 valence electrons.